The first-order chi connectivity index (χ1) is 13.6. The molecule has 154 valence electrons. The third kappa shape index (κ3) is 5.04. The Bertz CT molecular complexity index is 940. The number of benzene rings is 1. The third-order valence-electron chi connectivity index (χ3n) is 4.49. The summed E-state index contributed by atoms with van der Waals surface area (Å²) in [7, 11) is 3.73. The second-order valence-corrected chi connectivity index (χ2v) is 7.10. The first-order valence-corrected chi connectivity index (χ1v) is 9.06. The van der Waals surface area contributed by atoms with Gasteiger partial charge in [-0.25, -0.2) is 9.97 Å². The number of alkyl halides is 3. The molecule has 1 aromatic heterocycles. The lowest BCUT2D eigenvalue weighted by Crippen LogP contribution is -2.36. The van der Waals surface area contributed by atoms with Gasteiger partial charge in [-0.3, -0.25) is 4.79 Å². The number of aromatic nitrogens is 2. The summed E-state index contributed by atoms with van der Waals surface area (Å²) in [6.45, 7) is 3.00. The van der Waals surface area contributed by atoms with Gasteiger partial charge in [-0.2, -0.15) is 13.2 Å². The maximum Gasteiger partial charge on any atom is 0.433 e. The molecule has 29 heavy (non-hydrogen) atoms. The molecule has 2 heterocycles. The van der Waals surface area contributed by atoms with E-state index in [4.69, 9.17) is 0 Å². The number of aryl methyl sites for hydroxylation is 1. The SMILES string of the molecule is Cc1ccc(Nc2nccc(C(F)(F)F)n2)cc1N1CCC(=O)C(=CN(C)C)C1. The number of halogens is 3. The monoisotopic (exact) mass is 405 g/mol. The van der Waals surface area contributed by atoms with Gasteiger partial charge in [0.1, 0.15) is 5.69 Å². The van der Waals surface area contributed by atoms with Crippen molar-refractivity contribution in [1.29, 1.82) is 0 Å². The summed E-state index contributed by atoms with van der Waals surface area (Å²) >= 11 is 0. The lowest BCUT2D eigenvalue weighted by molar-refractivity contribution is -0.141. The molecule has 0 amide bonds. The Labute approximate surface area is 167 Å². The molecular formula is C20H22F3N5O. The summed E-state index contributed by atoms with van der Waals surface area (Å²) in [6, 6.07) is 6.29. The Hall–Kier alpha value is -3.10. The van der Waals surface area contributed by atoms with Crippen LogP contribution < -0.4 is 10.2 Å². The number of nitrogens with one attached hydrogen (secondary N) is 1. The molecule has 9 heteroatoms. The van der Waals surface area contributed by atoms with Crippen molar-refractivity contribution >= 4 is 23.1 Å². The number of nitrogens with zero attached hydrogens (tertiary/aromatic N) is 4. The molecule has 1 fully saturated rings. The van der Waals surface area contributed by atoms with Crippen LogP contribution in [0.2, 0.25) is 0 Å². The number of hydrogen-bond acceptors (Lipinski definition) is 6. The standard InChI is InChI=1S/C20H22F3N5O/c1-13-4-5-15(25-19-24-8-6-18(26-19)20(21,22)23)10-16(13)28-9-7-17(29)14(12-28)11-27(2)3/h4-6,8,10-11H,7,9,12H2,1-3H3,(H,24,25,26). The summed E-state index contributed by atoms with van der Waals surface area (Å²) in [5.74, 6) is -0.00380. The van der Waals surface area contributed by atoms with Crippen molar-refractivity contribution in [2.24, 2.45) is 0 Å². The topological polar surface area (TPSA) is 61.4 Å². The number of piperidine rings is 1. The Kier molecular flexibility index (Phi) is 5.76. The Balaban J connectivity index is 1.85. The Morgan fingerprint density at radius 1 is 1.24 bits per heavy atom. The first kappa shape index (κ1) is 20.6. The molecule has 1 aliphatic rings. The van der Waals surface area contributed by atoms with Crippen molar-refractivity contribution in [1.82, 2.24) is 14.9 Å². The lowest BCUT2D eigenvalue weighted by atomic mass is 10.0. The Morgan fingerprint density at radius 2 is 2.00 bits per heavy atom. The van der Waals surface area contributed by atoms with E-state index in [1.807, 2.05) is 44.3 Å². The normalized spacial score (nSPS) is 16.3. The van der Waals surface area contributed by atoms with Crippen LogP contribution in [0.4, 0.5) is 30.5 Å². The minimum Gasteiger partial charge on any atom is -0.383 e. The van der Waals surface area contributed by atoms with E-state index in [0.717, 1.165) is 29.1 Å². The summed E-state index contributed by atoms with van der Waals surface area (Å²) in [4.78, 5) is 23.5. The molecule has 0 saturated carbocycles. The quantitative estimate of drug-likeness (QED) is 0.782. The first-order valence-electron chi connectivity index (χ1n) is 9.06. The molecule has 1 aliphatic heterocycles. The highest BCUT2D eigenvalue weighted by Crippen LogP contribution is 2.30. The third-order valence-corrected chi connectivity index (χ3v) is 4.49. The summed E-state index contributed by atoms with van der Waals surface area (Å²) in [6.07, 6.45) is -1.23. The van der Waals surface area contributed by atoms with Gasteiger partial charge in [-0.05, 0) is 30.7 Å². The number of Topliss-reactive ketones (excluding diaryl/α,β-unsaturated/α-hetero) is 1. The minimum atomic E-state index is -4.53. The van der Waals surface area contributed by atoms with Crippen LogP contribution in [0, 0.1) is 6.92 Å². The number of hydrogen-bond donors (Lipinski definition) is 1. The van der Waals surface area contributed by atoms with Crippen molar-refractivity contribution in [3.63, 3.8) is 0 Å². The molecule has 0 radical (unpaired) electrons. The van der Waals surface area contributed by atoms with Crippen molar-refractivity contribution in [3.05, 3.63) is 53.5 Å². The number of carbonyl (C=O) groups is 1. The second kappa shape index (κ2) is 8.10. The zero-order valence-electron chi connectivity index (χ0n) is 16.4. The van der Waals surface area contributed by atoms with Gasteiger partial charge >= 0.3 is 6.18 Å². The highest BCUT2D eigenvalue weighted by molar-refractivity contribution is 5.97. The minimum absolute atomic E-state index is 0.124. The van der Waals surface area contributed by atoms with E-state index in [1.54, 1.807) is 6.07 Å². The molecule has 0 bridgehead atoms. The van der Waals surface area contributed by atoms with Crippen molar-refractivity contribution in [2.75, 3.05) is 37.4 Å². The number of carbonyl (C=O) groups excluding carboxylic acids is 1. The van der Waals surface area contributed by atoms with Crippen LogP contribution in [0.5, 0.6) is 0 Å². The fourth-order valence-corrected chi connectivity index (χ4v) is 3.13. The fraction of sp³-hybridized carbons (Fsp3) is 0.350. The van der Waals surface area contributed by atoms with Crippen LogP contribution in [-0.2, 0) is 11.0 Å². The molecule has 0 atom stereocenters. The molecule has 6 nitrogen and oxygen atoms in total. The van der Waals surface area contributed by atoms with E-state index in [0.29, 0.717) is 25.2 Å². The van der Waals surface area contributed by atoms with Gasteiger partial charge < -0.3 is 15.1 Å². The molecule has 0 spiro atoms. The average molecular weight is 405 g/mol. The molecule has 0 unspecified atom stereocenters. The zero-order valence-corrected chi connectivity index (χ0v) is 16.4. The van der Waals surface area contributed by atoms with Crippen LogP contribution >= 0.6 is 0 Å². The predicted molar refractivity (Wildman–Crippen MR) is 105 cm³/mol. The van der Waals surface area contributed by atoms with E-state index < -0.39 is 11.9 Å². The maximum absolute atomic E-state index is 12.9. The van der Waals surface area contributed by atoms with Crippen LogP contribution in [0.1, 0.15) is 17.7 Å². The van der Waals surface area contributed by atoms with Crippen LogP contribution in [0.15, 0.2) is 42.2 Å². The van der Waals surface area contributed by atoms with Gasteiger partial charge in [-0.15, -0.1) is 0 Å². The molecule has 3 rings (SSSR count). The lowest BCUT2D eigenvalue weighted by Gasteiger charge is -2.32. The van der Waals surface area contributed by atoms with E-state index in [2.05, 4.69) is 20.2 Å². The van der Waals surface area contributed by atoms with E-state index >= 15 is 0 Å². The average Bonchev–Trinajstić information content (AvgIpc) is 2.64. The number of ketones is 1. The van der Waals surface area contributed by atoms with Crippen LogP contribution in [-0.4, -0.2) is 47.8 Å². The predicted octanol–water partition coefficient (Wildman–Crippen LogP) is 3.77. The van der Waals surface area contributed by atoms with Crippen molar-refractivity contribution < 1.29 is 18.0 Å². The smallest absolute Gasteiger partial charge is 0.383 e. The second-order valence-electron chi connectivity index (χ2n) is 7.10. The van der Waals surface area contributed by atoms with Gasteiger partial charge in [0.15, 0.2) is 5.78 Å². The zero-order chi connectivity index (χ0) is 21.2. The van der Waals surface area contributed by atoms with Crippen molar-refractivity contribution in [3.8, 4) is 0 Å². The van der Waals surface area contributed by atoms with Gasteiger partial charge in [0.25, 0.3) is 0 Å². The fourth-order valence-electron chi connectivity index (χ4n) is 3.13. The summed E-state index contributed by atoms with van der Waals surface area (Å²) in [5, 5.41) is 2.84. The van der Waals surface area contributed by atoms with E-state index in [-0.39, 0.29) is 11.7 Å². The van der Waals surface area contributed by atoms with Gasteiger partial charge in [-0.1, -0.05) is 6.07 Å². The molecule has 0 aliphatic carbocycles. The highest BCUT2D eigenvalue weighted by Gasteiger charge is 2.32. The van der Waals surface area contributed by atoms with Gasteiger partial charge in [0.2, 0.25) is 5.95 Å². The Morgan fingerprint density at radius 3 is 2.69 bits per heavy atom. The highest BCUT2D eigenvalue weighted by atomic mass is 19.4. The molecule has 2 aromatic rings. The van der Waals surface area contributed by atoms with Crippen LogP contribution in [0.3, 0.4) is 0 Å². The maximum atomic E-state index is 12.9. The number of anilines is 3. The van der Waals surface area contributed by atoms with Gasteiger partial charge in [0.05, 0.1) is 0 Å². The van der Waals surface area contributed by atoms with Gasteiger partial charge in [0, 0.05) is 63.0 Å². The van der Waals surface area contributed by atoms with E-state index in [1.165, 1.54) is 0 Å². The molecular weight excluding hydrogens is 383 g/mol. The number of rotatable bonds is 4. The van der Waals surface area contributed by atoms with E-state index in [9.17, 15) is 18.0 Å². The largest absolute Gasteiger partial charge is 0.433 e. The molecule has 1 N–H and O–H groups in total. The molecule has 1 aromatic carbocycles. The summed E-state index contributed by atoms with van der Waals surface area (Å²) in [5.41, 5.74) is 2.19. The summed E-state index contributed by atoms with van der Waals surface area (Å²) < 4.78 is 38.6. The van der Waals surface area contributed by atoms with Crippen LogP contribution in [0.25, 0.3) is 0 Å². The molecule has 1 saturated heterocycles. The van der Waals surface area contributed by atoms with Crippen molar-refractivity contribution in [2.45, 2.75) is 19.5 Å².